The van der Waals surface area contributed by atoms with E-state index in [0.717, 1.165) is 27.8 Å². The number of methoxy groups -OCH3 is 1. The van der Waals surface area contributed by atoms with Gasteiger partial charge in [0, 0.05) is 11.6 Å². The number of nitrogens with zero attached hydrogens (tertiary/aromatic N) is 1. The largest absolute Gasteiger partial charge is 0.497 e. The lowest BCUT2D eigenvalue weighted by Gasteiger charge is -2.40. The molecule has 0 unspecified atom stereocenters. The Hall–Kier alpha value is -2.13. The highest BCUT2D eigenvalue weighted by Gasteiger charge is 2.44. The van der Waals surface area contributed by atoms with Gasteiger partial charge in [0.25, 0.3) is 0 Å². The van der Waals surface area contributed by atoms with Gasteiger partial charge >= 0.3 is 0 Å². The van der Waals surface area contributed by atoms with Gasteiger partial charge in [0.1, 0.15) is 30.2 Å². The predicted molar refractivity (Wildman–Crippen MR) is 112 cm³/mol. The Balaban J connectivity index is 1.76. The highest BCUT2D eigenvalue weighted by atomic mass is 35.5. The van der Waals surface area contributed by atoms with Crippen LogP contribution in [0.4, 0.5) is 0 Å². The Morgan fingerprint density at radius 1 is 1.03 bits per heavy atom. The Bertz CT molecular complexity index is 1020. The number of aromatic nitrogens is 1. The molecule has 4 rings (SSSR count). The van der Waals surface area contributed by atoms with Crippen LogP contribution in [0.5, 0.6) is 5.75 Å². The molecule has 0 amide bonds. The molecule has 8 heteroatoms. The summed E-state index contributed by atoms with van der Waals surface area (Å²) < 4.78 is 12.7. The van der Waals surface area contributed by atoms with E-state index in [-0.39, 0.29) is 0 Å². The molecule has 0 saturated carbocycles. The van der Waals surface area contributed by atoms with Crippen LogP contribution in [0.15, 0.2) is 48.7 Å². The summed E-state index contributed by atoms with van der Waals surface area (Å²) in [5.74, 6) is 0.764. The van der Waals surface area contributed by atoms with Crippen molar-refractivity contribution in [2.24, 2.45) is 0 Å². The molecular weight excluding hydrogens is 410 g/mol. The number of halogens is 1. The van der Waals surface area contributed by atoms with Crippen molar-refractivity contribution in [3.05, 3.63) is 64.8 Å². The Kier molecular flexibility index (Phi) is 6.02. The molecule has 2 heterocycles. The normalized spacial score (nSPS) is 26.8. The van der Waals surface area contributed by atoms with Crippen molar-refractivity contribution >= 4 is 22.5 Å². The molecule has 1 fully saturated rings. The average Bonchev–Trinajstić information content (AvgIpc) is 3.12. The maximum absolute atomic E-state index is 10.6. The topological polar surface area (TPSA) is 104 Å². The molecule has 4 N–H and O–H groups in total. The van der Waals surface area contributed by atoms with E-state index in [2.05, 4.69) is 0 Å². The van der Waals surface area contributed by atoms with E-state index in [1.54, 1.807) is 23.8 Å². The van der Waals surface area contributed by atoms with Crippen LogP contribution in [0, 0.1) is 0 Å². The number of ether oxygens (including phenoxy) is 2. The third-order valence-electron chi connectivity index (χ3n) is 5.58. The molecule has 0 spiro atoms. The summed E-state index contributed by atoms with van der Waals surface area (Å²) in [6.45, 7) is -0.486. The van der Waals surface area contributed by atoms with E-state index >= 15 is 0 Å². The highest BCUT2D eigenvalue weighted by molar-refractivity contribution is 6.35. The lowest BCUT2D eigenvalue weighted by atomic mass is 9.98. The Labute approximate surface area is 178 Å². The smallest absolute Gasteiger partial charge is 0.163 e. The van der Waals surface area contributed by atoms with Crippen LogP contribution in [0.1, 0.15) is 17.4 Å². The van der Waals surface area contributed by atoms with Crippen molar-refractivity contribution in [1.82, 2.24) is 4.57 Å². The fraction of sp³-hybridized carbons (Fsp3) is 0.364. The highest BCUT2D eigenvalue weighted by Crippen LogP contribution is 2.36. The molecule has 1 aromatic heterocycles. The van der Waals surface area contributed by atoms with Gasteiger partial charge in [-0.3, -0.25) is 0 Å². The van der Waals surface area contributed by atoms with E-state index in [1.165, 1.54) is 0 Å². The van der Waals surface area contributed by atoms with Crippen LogP contribution in [0.3, 0.4) is 0 Å². The van der Waals surface area contributed by atoms with Crippen molar-refractivity contribution in [3.63, 3.8) is 0 Å². The fourth-order valence-corrected chi connectivity index (χ4v) is 4.26. The minimum Gasteiger partial charge on any atom is -0.497 e. The van der Waals surface area contributed by atoms with Crippen molar-refractivity contribution in [1.29, 1.82) is 0 Å². The minimum absolute atomic E-state index is 0.486. The third-order valence-corrected chi connectivity index (χ3v) is 5.90. The quantitative estimate of drug-likeness (QED) is 0.489. The molecule has 0 aliphatic carbocycles. The molecule has 1 saturated heterocycles. The van der Waals surface area contributed by atoms with Crippen LogP contribution < -0.4 is 4.74 Å². The SMILES string of the molecule is COc1ccc(Cc2cn([C@@H]3O[C@H](CO)[C@@H](O)[C@H](O)[C@H]3O)c3cccc(Cl)c23)cc1. The molecule has 5 atom stereocenters. The summed E-state index contributed by atoms with van der Waals surface area (Å²) in [7, 11) is 1.61. The number of hydrogen-bond acceptors (Lipinski definition) is 6. The first-order valence-corrected chi connectivity index (χ1v) is 10.0. The number of benzene rings is 2. The van der Waals surface area contributed by atoms with Gasteiger partial charge in [-0.2, -0.15) is 0 Å². The van der Waals surface area contributed by atoms with Gasteiger partial charge in [0.05, 0.1) is 24.3 Å². The lowest BCUT2D eigenvalue weighted by Crippen LogP contribution is -2.56. The second kappa shape index (κ2) is 8.55. The van der Waals surface area contributed by atoms with Crippen LogP contribution in [0.25, 0.3) is 10.9 Å². The molecule has 160 valence electrons. The van der Waals surface area contributed by atoms with Gasteiger partial charge in [-0.05, 0) is 41.8 Å². The number of aliphatic hydroxyl groups is 4. The van der Waals surface area contributed by atoms with Crippen LogP contribution in [-0.4, -0.2) is 63.1 Å². The van der Waals surface area contributed by atoms with Crippen molar-refractivity contribution < 1.29 is 29.9 Å². The number of fused-ring (bicyclic) bond motifs is 1. The standard InChI is InChI=1S/C22H24ClNO6/c1-29-14-7-5-12(6-8-14)9-13-10-24(16-4-2-3-15(23)18(13)16)22-21(28)20(27)19(26)17(11-25)30-22/h2-8,10,17,19-22,25-28H,9,11H2,1H3/t17-,19-,20+,21-,22-/m1/s1. The maximum atomic E-state index is 10.6. The number of aliphatic hydroxyl groups excluding tert-OH is 4. The van der Waals surface area contributed by atoms with Gasteiger partial charge in [-0.15, -0.1) is 0 Å². The fourth-order valence-electron chi connectivity index (χ4n) is 3.97. The van der Waals surface area contributed by atoms with Gasteiger partial charge in [0.15, 0.2) is 6.23 Å². The molecule has 30 heavy (non-hydrogen) atoms. The van der Waals surface area contributed by atoms with E-state index in [9.17, 15) is 20.4 Å². The van der Waals surface area contributed by atoms with Gasteiger partial charge in [0.2, 0.25) is 0 Å². The van der Waals surface area contributed by atoms with Crippen LogP contribution >= 0.6 is 11.6 Å². The molecule has 0 radical (unpaired) electrons. The monoisotopic (exact) mass is 433 g/mol. The molecule has 2 aromatic carbocycles. The van der Waals surface area contributed by atoms with Crippen molar-refractivity contribution in [2.75, 3.05) is 13.7 Å². The maximum Gasteiger partial charge on any atom is 0.163 e. The lowest BCUT2D eigenvalue weighted by molar-refractivity contribution is -0.250. The van der Waals surface area contributed by atoms with Gasteiger partial charge < -0.3 is 34.5 Å². The first-order valence-electron chi connectivity index (χ1n) is 9.66. The Morgan fingerprint density at radius 2 is 1.77 bits per heavy atom. The zero-order chi connectivity index (χ0) is 21.4. The number of hydrogen-bond donors (Lipinski definition) is 4. The van der Waals surface area contributed by atoms with Crippen LogP contribution in [-0.2, 0) is 11.2 Å². The molecule has 1 aliphatic rings. The van der Waals surface area contributed by atoms with E-state index in [0.29, 0.717) is 11.4 Å². The summed E-state index contributed by atoms with van der Waals surface area (Å²) in [6.07, 6.45) is -3.83. The second-order valence-corrected chi connectivity index (χ2v) is 7.85. The molecule has 0 bridgehead atoms. The zero-order valence-electron chi connectivity index (χ0n) is 16.4. The average molecular weight is 434 g/mol. The summed E-state index contributed by atoms with van der Waals surface area (Å²) in [5, 5.41) is 41.7. The van der Waals surface area contributed by atoms with Crippen molar-refractivity contribution in [2.45, 2.75) is 37.1 Å². The van der Waals surface area contributed by atoms with E-state index in [4.69, 9.17) is 21.1 Å². The summed E-state index contributed by atoms with van der Waals surface area (Å²) >= 11 is 6.51. The predicted octanol–water partition coefficient (Wildman–Crippen LogP) is 1.87. The number of rotatable bonds is 5. The summed E-state index contributed by atoms with van der Waals surface area (Å²) in [5.41, 5.74) is 2.68. The molecule has 1 aliphatic heterocycles. The summed E-state index contributed by atoms with van der Waals surface area (Å²) in [4.78, 5) is 0. The minimum atomic E-state index is -1.46. The molecule has 3 aromatic rings. The van der Waals surface area contributed by atoms with Gasteiger partial charge in [-0.25, -0.2) is 0 Å². The zero-order valence-corrected chi connectivity index (χ0v) is 17.1. The summed E-state index contributed by atoms with van der Waals surface area (Å²) in [6, 6.07) is 13.1. The van der Waals surface area contributed by atoms with Crippen LogP contribution in [0.2, 0.25) is 5.02 Å². The van der Waals surface area contributed by atoms with E-state index in [1.807, 2.05) is 36.5 Å². The van der Waals surface area contributed by atoms with Crippen molar-refractivity contribution in [3.8, 4) is 5.75 Å². The molecule has 7 nitrogen and oxygen atoms in total. The van der Waals surface area contributed by atoms with Gasteiger partial charge in [-0.1, -0.05) is 29.8 Å². The first-order chi connectivity index (χ1) is 14.4. The third kappa shape index (κ3) is 3.69. The van der Waals surface area contributed by atoms with E-state index < -0.39 is 37.3 Å². The Morgan fingerprint density at radius 3 is 2.43 bits per heavy atom. The second-order valence-electron chi connectivity index (χ2n) is 7.44. The first kappa shape index (κ1) is 21.1. The molecular formula is C22H24ClNO6.